The predicted octanol–water partition coefficient (Wildman–Crippen LogP) is 3.51. The quantitative estimate of drug-likeness (QED) is 0.829. The second kappa shape index (κ2) is 5.14. The molecule has 0 bridgehead atoms. The summed E-state index contributed by atoms with van der Waals surface area (Å²) in [6.45, 7) is 1.91. The molecule has 0 heterocycles. The summed E-state index contributed by atoms with van der Waals surface area (Å²) in [7, 11) is 0. The highest BCUT2D eigenvalue weighted by Gasteiger charge is 2.06. The van der Waals surface area contributed by atoms with Crippen LogP contribution in [0.1, 0.15) is 11.1 Å². The van der Waals surface area contributed by atoms with Crippen molar-refractivity contribution in [2.75, 3.05) is 5.32 Å². The first-order valence-corrected chi connectivity index (χ1v) is 5.91. The highest BCUT2D eigenvalue weighted by atomic mass is 32.1. The third kappa shape index (κ3) is 2.65. The predicted molar refractivity (Wildman–Crippen MR) is 76.7 cm³/mol. The van der Waals surface area contributed by atoms with Gasteiger partial charge in [-0.3, -0.25) is 0 Å². The fourth-order valence-electron chi connectivity index (χ4n) is 1.68. The van der Waals surface area contributed by atoms with Gasteiger partial charge in [0.25, 0.3) is 0 Å². The van der Waals surface area contributed by atoms with Gasteiger partial charge in [-0.05, 0) is 36.8 Å². The lowest BCUT2D eigenvalue weighted by Crippen LogP contribution is -2.11. The van der Waals surface area contributed by atoms with Crippen LogP contribution in [0.2, 0.25) is 0 Å². The van der Waals surface area contributed by atoms with Crippen molar-refractivity contribution in [3.63, 3.8) is 0 Å². The average Bonchev–Trinajstić information content (AvgIpc) is 2.34. The van der Waals surface area contributed by atoms with Gasteiger partial charge in [0.2, 0.25) is 0 Å². The SMILES string of the molecule is Cc1ccc(F)cc1Nc1ccccc1C(N)=S. The highest BCUT2D eigenvalue weighted by Crippen LogP contribution is 2.24. The van der Waals surface area contributed by atoms with Gasteiger partial charge in [-0.15, -0.1) is 0 Å². The van der Waals surface area contributed by atoms with Crippen LogP contribution >= 0.6 is 12.2 Å². The zero-order valence-corrected chi connectivity index (χ0v) is 10.7. The Morgan fingerprint density at radius 1 is 1.17 bits per heavy atom. The number of thiocarbonyl (C=S) groups is 1. The Kier molecular flexibility index (Phi) is 3.58. The lowest BCUT2D eigenvalue weighted by atomic mass is 10.1. The number of para-hydroxylation sites is 1. The number of benzene rings is 2. The molecule has 0 fully saturated rings. The number of hydrogen-bond donors (Lipinski definition) is 2. The van der Waals surface area contributed by atoms with Crippen LogP contribution in [0.25, 0.3) is 0 Å². The van der Waals surface area contributed by atoms with Crippen molar-refractivity contribution in [1.29, 1.82) is 0 Å². The van der Waals surface area contributed by atoms with E-state index in [0.717, 1.165) is 16.8 Å². The number of nitrogens with two attached hydrogens (primary N) is 1. The molecule has 0 aliphatic carbocycles. The summed E-state index contributed by atoms with van der Waals surface area (Å²) in [6, 6.07) is 12.0. The van der Waals surface area contributed by atoms with Crippen LogP contribution in [-0.2, 0) is 0 Å². The molecular formula is C14H13FN2S. The zero-order chi connectivity index (χ0) is 13.1. The molecule has 4 heteroatoms. The van der Waals surface area contributed by atoms with E-state index >= 15 is 0 Å². The van der Waals surface area contributed by atoms with E-state index in [0.29, 0.717) is 10.7 Å². The number of anilines is 2. The number of aryl methyl sites for hydroxylation is 1. The Hall–Kier alpha value is -1.94. The largest absolute Gasteiger partial charge is 0.389 e. The Balaban J connectivity index is 2.40. The van der Waals surface area contributed by atoms with Crippen LogP contribution < -0.4 is 11.1 Å². The molecule has 2 rings (SSSR count). The Morgan fingerprint density at radius 3 is 2.61 bits per heavy atom. The van der Waals surface area contributed by atoms with E-state index in [9.17, 15) is 4.39 Å². The smallest absolute Gasteiger partial charge is 0.125 e. The fraction of sp³-hybridized carbons (Fsp3) is 0.0714. The van der Waals surface area contributed by atoms with E-state index in [-0.39, 0.29) is 5.82 Å². The van der Waals surface area contributed by atoms with E-state index < -0.39 is 0 Å². The third-order valence-corrected chi connectivity index (χ3v) is 2.88. The summed E-state index contributed by atoms with van der Waals surface area (Å²) >= 11 is 4.99. The molecule has 0 aliphatic heterocycles. The van der Waals surface area contributed by atoms with Crippen LogP contribution in [-0.4, -0.2) is 4.99 Å². The zero-order valence-electron chi connectivity index (χ0n) is 9.91. The van der Waals surface area contributed by atoms with Crippen LogP contribution in [0.5, 0.6) is 0 Å². The molecule has 2 aromatic rings. The van der Waals surface area contributed by atoms with Gasteiger partial charge < -0.3 is 11.1 Å². The first-order valence-electron chi connectivity index (χ1n) is 5.50. The summed E-state index contributed by atoms with van der Waals surface area (Å²) in [5, 5.41) is 3.16. The number of hydrogen-bond acceptors (Lipinski definition) is 2. The van der Waals surface area contributed by atoms with Crippen molar-refractivity contribution in [1.82, 2.24) is 0 Å². The number of halogens is 1. The van der Waals surface area contributed by atoms with Crippen molar-refractivity contribution in [2.45, 2.75) is 6.92 Å². The van der Waals surface area contributed by atoms with Gasteiger partial charge in [0, 0.05) is 16.9 Å². The summed E-state index contributed by atoms with van der Waals surface area (Å²) in [5.74, 6) is -0.282. The fourth-order valence-corrected chi connectivity index (χ4v) is 1.86. The van der Waals surface area contributed by atoms with Crippen molar-refractivity contribution in [2.24, 2.45) is 5.73 Å². The summed E-state index contributed by atoms with van der Waals surface area (Å²) < 4.78 is 13.2. The van der Waals surface area contributed by atoms with Crippen LogP contribution in [0, 0.1) is 12.7 Å². The van der Waals surface area contributed by atoms with Gasteiger partial charge >= 0.3 is 0 Å². The van der Waals surface area contributed by atoms with Gasteiger partial charge in [-0.2, -0.15) is 0 Å². The maximum Gasteiger partial charge on any atom is 0.125 e. The van der Waals surface area contributed by atoms with E-state index in [1.807, 2.05) is 31.2 Å². The van der Waals surface area contributed by atoms with Gasteiger partial charge in [-0.25, -0.2) is 4.39 Å². The normalized spacial score (nSPS) is 10.1. The van der Waals surface area contributed by atoms with Crippen molar-refractivity contribution in [3.8, 4) is 0 Å². The average molecular weight is 260 g/mol. The Labute approximate surface area is 111 Å². The molecule has 0 aliphatic rings. The van der Waals surface area contributed by atoms with Crippen molar-refractivity contribution < 1.29 is 4.39 Å². The van der Waals surface area contributed by atoms with E-state index in [2.05, 4.69) is 5.32 Å². The standard InChI is InChI=1S/C14H13FN2S/c1-9-6-7-10(15)8-13(9)17-12-5-3-2-4-11(12)14(16)18/h2-8,17H,1H3,(H2,16,18). The topological polar surface area (TPSA) is 38.0 Å². The molecular weight excluding hydrogens is 247 g/mol. The summed E-state index contributed by atoms with van der Waals surface area (Å²) in [5.41, 5.74) is 8.84. The van der Waals surface area contributed by atoms with Crippen molar-refractivity contribution >= 4 is 28.6 Å². The summed E-state index contributed by atoms with van der Waals surface area (Å²) in [4.78, 5) is 0.312. The van der Waals surface area contributed by atoms with E-state index in [1.54, 1.807) is 6.07 Å². The van der Waals surface area contributed by atoms with Gasteiger partial charge in [0.1, 0.15) is 10.8 Å². The molecule has 0 saturated heterocycles. The number of rotatable bonds is 3. The minimum atomic E-state index is -0.282. The molecule has 0 amide bonds. The molecule has 0 spiro atoms. The molecule has 0 radical (unpaired) electrons. The second-order valence-corrected chi connectivity index (χ2v) is 4.43. The third-order valence-electron chi connectivity index (χ3n) is 2.66. The minimum Gasteiger partial charge on any atom is -0.389 e. The van der Waals surface area contributed by atoms with Crippen LogP contribution in [0.3, 0.4) is 0 Å². The highest BCUT2D eigenvalue weighted by molar-refractivity contribution is 7.80. The maximum atomic E-state index is 13.2. The molecule has 18 heavy (non-hydrogen) atoms. The van der Waals surface area contributed by atoms with Crippen LogP contribution in [0.15, 0.2) is 42.5 Å². The second-order valence-electron chi connectivity index (χ2n) is 3.99. The monoisotopic (exact) mass is 260 g/mol. The minimum absolute atomic E-state index is 0.282. The maximum absolute atomic E-state index is 13.2. The molecule has 0 saturated carbocycles. The first kappa shape index (κ1) is 12.5. The summed E-state index contributed by atoms with van der Waals surface area (Å²) in [6.07, 6.45) is 0. The van der Waals surface area contributed by atoms with E-state index in [1.165, 1.54) is 12.1 Å². The lowest BCUT2D eigenvalue weighted by molar-refractivity contribution is 0.628. The van der Waals surface area contributed by atoms with Crippen LogP contribution in [0.4, 0.5) is 15.8 Å². The first-order chi connectivity index (χ1) is 8.58. The molecule has 0 aromatic heterocycles. The van der Waals surface area contributed by atoms with Gasteiger partial charge in [0.15, 0.2) is 0 Å². The lowest BCUT2D eigenvalue weighted by Gasteiger charge is -2.13. The number of nitrogens with one attached hydrogen (secondary N) is 1. The molecule has 3 N–H and O–H groups in total. The molecule has 92 valence electrons. The molecule has 2 aromatic carbocycles. The van der Waals surface area contributed by atoms with Crippen molar-refractivity contribution in [3.05, 3.63) is 59.4 Å². The van der Waals surface area contributed by atoms with Gasteiger partial charge in [-0.1, -0.05) is 30.4 Å². The molecule has 2 nitrogen and oxygen atoms in total. The van der Waals surface area contributed by atoms with Gasteiger partial charge in [0.05, 0.1) is 0 Å². The molecule has 0 atom stereocenters. The Morgan fingerprint density at radius 2 is 1.89 bits per heavy atom. The van der Waals surface area contributed by atoms with E-state index in [4.69, 9.17) is 18.0 Å². The molecule has 0 unspecified atom stereocenters. The Bertz CT molecular complexity index is 596.